The van der Waals surface area contributed by atoms with E-state index in [0.29, 0.717) is 11.8 Å². The molecule has 0 fully saturated rings. The summed E-state index contributed by atoms with van der Waals surface area (Å²) in [5.74, 6) is -3.87. The molecule has 1 aromatic heterocycles. The molecule has 0 unspecified atom stereocenters. The van der Waals surface area contributed by atoms with Crippen LogP contribution in [-0.4, -0.2) is 4.98 Å². The molecule has 0 aliphatic heterocycles. The molecule has 0 bridgehead atoms. The van der Waals surface area contributed by atoms with Gasteiger partial charge < -0.3 is 5.32 Å². The molecular formula is C14H13F3N2. The van der Waals surface area contributed by atoms with Crippen molar-refractivity contribution in [3.05, 3.63) is 53.5 Å². The summed E-state index contributed by atoms with van der Waals surface area (Å²) >= 11 is 0. The van der Waals surface area contributed by atoms with Crippen LogP contribution in [-0.2, 0) is 6.42 Å². The first-order valence-corrected chi connectivity index (χ1v) is 5.98. The molecule has 0 amide bonds. The number of anilines is 2. The second-order valence-corrected chi connectivity index (χ2v) is 4.12. The van der Waals surface area contributed by atoms with Crippen LogP contribution in [0.4, 0.5) is 24.7 Å². The van der Waals surface area contributed by atoms with Gasteiger partial charge in [0.05, 0.1) is 0 Å². The van der Waals surface area contributed by atoms with Crippen molar-refractivity contribution in [3.63, 3.8) is 0 Å². The van der Waals surface area contributed by atoms with Crippen molar-refractivity contribution >= 4 is 11.5 Å². The van der Waals surface area contributed by atoms with Crippen LogP contribution >= 0.6 is 0 Å². The number of hydrogen-bond acceptors (Lipinski definition) is 2. The van der Waals surface area contributed by atoms with Crippen LogP contribution in [0.3, 0.4) is 0 Å². The number of hydrogen-bond donors (Lipinski definition) is 1. The Balaban J connectivity index is 2.33. The van der Waals surface area contributed by atoms with Gasteiger partial charge in [-0.2, -0.15) is 9.37 Å². The van der Waals surface area contributed by atoms with Crippen LogP contribution in [0.5, 0.6) is 0 Å². The molecule has 2 rings (SSSR count). The zero-order valence-corrected chi connectivity index (χ0v) is 10.4. The predicted octanol–water partition coefficient (Wildman–Crippen LogP) is 4.20. The fourth-order valence-electron chi connectivity index (χ4n) is 1.79. The number of nitrogens with one attached hydrogen (secondary N) is 1. The predicted molar refractivity (Wildman–Crippen MR) is 67.8 cm³/mol. The van der Waals surface area contributed by atoms with Crippen LogP contribution < -0.4 is 5.32 Å². The highest BCUT2D eigenvalue weighted by Gasteiger charge is 2.12. The second kappa shape index (κ2) is 5.73. The van der Waals surface area contributed by atoms with E-state index in [1.165, 1.54) is 0 Å². The van der Waals surface area contributed by atoms with Crippen LogP contribution in [0, 0.1) is 17.6 Å². The summed E-state index contributed by atoms with van der Waals surface area (Å²) < 4.78 is 39.3. The van der Waals surface area contributed by atoms with Gasteiger partial charge in [0.1, 0.15) is 0 Å². The van der Waals surface area contributed by atoms with Crippen molar-refractivity contribution in [2.45, 2.75) is 19.8 Å². The van der Waals surface area contributed by atoms with Crippen LogP contribution in [0.1, 0.15) is 18.9 Å². The average Bonchev–Trinajstić information content (AvgIpc) is 2.38. The molecule has 0 atom stereocenters. The lowest BCUT2D eigenvalue weighted by molar-refractivity contribution is 0.467. The van der Waals surface area contributed by atoms with E-state index in [9.17, 15) is 13.2 Å². The van der Waals surface area contributed by atoms with Crippen molar-refractivity contribution in [1.29, 1.82) is 0 Å². The topological polar surface area (TPSA) is 24.9 Å². The quantitative estimate of drug-likeness (QED) is 0.839. The Hall–Kier alpha value is -2.04. The molecular weight excluding hydrogens is 253 g/mol. The van der Waals surface area contributed by atoms with Gasteiger partial charge in [-0.3, -0.25) is 0 Å². The Morgan fingerprint density at radius 1 is 1.11 bits per heavy atom. The Kier molecular flexibility index (Phi) is 4.04. The van der Waals surface area contributed by atoms with E-state index in [0.717, 1.165) is 18.4 Å². The minimum atomic E-state index is -1.32. The lowest BCUT2D eigenvalue weighted by Crippen LogP contribution is -2.03. The largest absolute Gasteiger partial charge is 0.337 e. The molecule has 5 heteroatoms. The van der Waals surface area contributed by atoms with Gasteiger partial charge >= 0.3 is 0 Å². The molecule has 1 N–H and O–H groups in total. The van der Waals surface area contributed by atoms with Gasteiger partial charge in [-0.25, -0.2) is 8.78 Å². The summed E-state index contributed by atoms with van der Waals surface area (Å²) in [5, 5.41) is 2.70. The van der Waals surface area contributed by atoms with E-state index in [2.05, 4.69) is 10.3 Å². The minimum Gasteiger partial charge on any atom is -0.337 e. The van der Waals surface area contributed by atoms with Gasteiger partial charge in [0.25, 0.3) is 5.95 Å². The summed E-state index contributed by atoms with van der Waals surface area (Å²) in [4.78, 5) is 3.24. The Labute approximate surface area is 109 Å². The normalized spacial score (nSPS) is 10.5. The maximum atomic E-state index is 13.5. The second-order valence-electron chi connectivity index (χ2n) is 4.12. The van der Waals surface area contributed by atoms with Crippen molar-refractivity contribution in [2.75, 3.05) is 5.32 Å². The highest BCUT2D eigenvalue weighted by atomic mass is 19.2. The number of pyridine rings is 1. The maximum Gasteiger partial charge on any atom is 0.251 e. The van der Waals surface area contributed by atoms with Crippen LogP contribution in [0.15, 0.2) is 30.3 Å². The number of nitrogens with zero attached hydrogens (tertiary/aromatic N) is 1. The van der Waals surface area contributed by atoms with E-state index in [4.69, 9.17) is 0 Å². The number of para-hydroxylation sites is 1. The van der Waals surface area contributed by atoms with Crippen molar-refractivity contribution in [2.24, 2.45) is 0 Å². The molecule has 0 aliphatic rings. The summed E-state index contributed by atoms with van der Waals surface area (Å²) in [6, 6.07) is 7.76. The standard InChI is InChI=1S/C14H13F3N2/c1-2-5-9-6-3-4-7-12(9)18-14-11(16)8-10(15)13(17)19-14/h3-4,6-8H,2,5H2,1H3,(H,18,19). The van der Waals surface area contributed by atoms with Crippen molar-refractivity contribution in [1.82, 2.24) is 4.98 Å². The first kappa shape index (κ1) is 13.4. The minimum absolute atomic E-state index is 0.317. The highest BCUT2D eigenvalue weighted by Crippen LogP contribution is 2.23. The fraction of sp³-hybridized carbons (Fsp3) is 0.214. The van der Waals surface area contributed by atoms with Crippen molar-refractivity contribution < 1.29 is 13.2 Å². The number of aryl methyl sites for hydroxylation is 1. The van der Waals surface area contributed by atoms with E-state index in [-0.39, 0.29) is 5.82 Å². The third kappa shape index (κ3) is 3.05. The zero-order chi connectivity index (χ0) is 13.8. The maximum absolute atomic E-state index is 13.5. The van der Waals surface area contributed by atoms with E-state index >= 15 is 0 Å². The SMILES string of the molecule is CCCc1ccccc1Nc1nc(F)c(F)cc1F. The van der Waals surface area contributed by atoms with Gasteiger partial charge in [-0.1, -0.05) is 31.5 Å². The molecule has 0 saturated heterocycles. The number of benzene rings is 1. The van der Waals surface area contributed by atoms with Crippen LogP contribution in [0.2, 0.25) is 0 Å². The van der Waals surface area contributed by atoms with Crippen molar-refractivity contribution in [3.8, 4) is 0 Å². The molecule has 2 nitrogen and oxygen atoms in total. The Morgan fingerprint density at radius 3 is 2.58 bits per heavy atom. The lowest BCUT2D eigenvalue weighted by atomic mass is 10.1. The number of rotatable bonds is 4. The molecule has 19 heavy (non-hydrogen) atoms. The third-order valence-corrected chi connectivity index (χ3v) is 2.68. The van der Waals surface area contributed by atoms with Gasteiger partial charge in [0.2, 0.25) is 0 Å². The Bertz CT molecular complexity index is 585. The first-order valence-electron chi connectivity index (χ1n) is 5.98. The van der Waals surface area contributed by atoms with E-state index in [1.54, 1.807) is 12.1 Å². The molecule has 0 saturated carbocycles. The summed E-state index contributed by atoms with van der Waals surface area (Å²) in [5.41, 5.74) is 1.61. The van der Waals surface area contributed by atoms with Gasteiger partial charge in [-0.15, -0.1) is 0 Å². The van der Waals surface area contributed by atoms with E-state index in [1.807, 2.05) is 19.1 Å². The van der Waals surface area contributed by atoms with Gasteiger partial charge in [0, 0.05) is 11.8 Å². The summed E-state index contributed by atoms with van der Waals surface area (Å²) in [7, 11) is 0. The third-order valence-electron chi connectivity index (χ3n) is 2.68. The summed E-state index contributed by atoms with van der Waals surface area (Å²) in [6.45, 7) is 2.02. The molecule has 0 radical (unpaired) electrons. The molecule has 0 aliphatic carbocycles. The van der Waals surface area contributed by atoms with Gasteiger partial charge in [-0.05, 0) is 18.1 Å². The lowest BCUT2D eigenvalue weighted by Gasteiger charge is -2.11. The monoisotopic (exact) mass is 266 g/mol. The molecule has 1 aromatic carbocycles. The summed E-state index contributed by atoms with van der Waals surface area (Å²) in [6.07, 6.45) is 1.72. The van der Waals surface area contributed by atoms with E-state index < -0.39 is 17.6 Å². The highest BCUT2D eigenvalue weighted by molar-refractivity contribution is 5.60. The number of aromatic nitrogens is 1. The van der Waals surface area contributed by atoms with Crippen LogP contribution in [0.25, 0.3) is 0 Å². The Morgan fingerprint density at radius 2 is 1.84 bits per heavy atom. The molecule has 2 aromatic rings. The fourth-order valence-corrected chi connectivity index (χ4v) is 1.79. The first-order chi connectivity index (χ1) is 9.11. The average molecular weight is 266 g/mol. The molecule has 100 valence electrons. The molecule has 0 spiro atoms. The molecule has 1 heterocycles. The number of halogens is 3. The zero-order valence-electron chi connectivity index (χ0n) is 10.4. The smallest absolute Gasteiger partial charge is 0.251 e. The van der Waals surface area contributed by atoms with Gasteiger partial charge in [0.15, 0.2) is 17.5 Å².